The average Bonchev–Trinajstić information content (AvgIpc) is 2.51. The molecule has 8 heteroatoms. The zero-order valence-corrected chi connectivity index (χ0v) is 17.2. The Kier molecular flexibility index (Phi) is 9.47. The van der Waals surface area contributed by atoms with Gasteiger partial charge in [-0.15, -0.1) is 24.0 Å². The molecule has 0 aliphatic carbocycles. The fourth-order valence-electron chi connectivity index (χ4n) is 1.79. The Hall–Kier alpha value is -1.84. The van der Waals surface area contributed by atoms with E-state index in [1.807, 2.05) is 13.8 Å². The molecule has 1 heterocycles. The number of alkyl halides is 1. The van der Waals surface area contributed by atoms with Crippen molar-refractivity contribution < 1.29 is 9.18 Å². The summed E-state index contributed by atoms with van der Waals surface area (Å²) in [4.78, 5) is 24.2. The molecule has 25 heavy (non-hydrogen) atoms. The molecule has 0 saturated heterocycles. The van der Waals surface area contributed by atoms with Crippen molar-refractivity contribution in [3.05, 3.63) is 35.7 Å². The number of carbonyl (C=O) groups is 1. The summed E-state index contributed by atoms with van der Waals surface area (Å²) in [5, 5.41) is 2.71. The highest BCUT2D eigenvalue weighted by atomic mass is 127. The number of amides is 1. The van der Waals surface area contributed by atoms with Crippen LogP contribution in [0.1, 0.15) is 33.4 Å². The number of pyridine rings is 1. The Bertz CT molecular complexity index is 671. The number of nitrogens with one attached hydrogen (secondary N) is 1. The van der Waals surface area contributed by atoms with Gasteiger partial charge in [0, 0.05) is 17.7 Å². The van der Waals surface area contributed by atoms with Crippen molar-refractivity contribution in [3.8, 4) is 0 Å². The number of nitrogens with zero attached hydrogens (tertiary/aromatic N) is 3. The Labute approximate surface area is 164 Å². The average molecular weight is 461 g/mol. The molecule has 1 aromatic rings. The van der Waals surface area contributed by atoms with Crippen molar-refractivity contribution in [2.45, 2.75) is 39.2 Å². The number of hydrogen-bond donors (Lipinski definition) is 2. The van der Waals surface area contributed by atoms with Crippen molar-refractivity contribution >= 4 is 48.3 Å². The van der Waals surface area contributed by atoms with E-state index >= 15 is 0 Å². The van der Waals surface area contributed by atoms with Gasteiger partial charge in [-0.25, -0.2) is 9.98 Å². The maximum Gasteiger partial charge on any atom is 0.256 e. The highest BCUT2D eigenvalue weighted by Gasteiger charge is 2.22. The summed E-state index contributed by atoms with van der Waals surface area (Å²) in [5.74, 6) is -0.152. The number of aromatic nitrogens is 1. The molecule has 0 atom stereocenters. The molecule has 1 amide bonds. The number of hydrogen-bond acceptors (Lipinski definition) is 4. The monoisotopic (exact) mass is 461 g/mol. The molecule has 0 radical (unpaired) electrons. The van der Waals surface area contributed by atoms with Gasteiger partial charge >= 0.3 is 0 Å². The largest absolute Gasteiger partial charge is 0.383 e. The molecule has 138 valence electrons. The summed E-state index contributed by atoms with van der Waals surface area (Å²) < 4.78 is 13.1. The third kappa shape index (κ3) is 6.89. The van der Waals surface area contributed by atoms with E-state index in [0.29, 0.717) is 11.5 Å². The van der Waals surface area contributed by atoms with Crippen molar-refractivity contribution in [3.63, 3.8) is 0 Å². The van der Waals surface area contributed by atoms with Crippen molar-refractivity contribution in [1.82, 2.24) is 10.3 Å². The summed E-state index contributed by atoms with van der Waals surface area (Å²) in [6.45, 7) is 9.93. The predicted octanol–water partition coefficient (Wildman–Crippen LogP) is 3.04. The van der Waals surface area contributed by atoms with Crippen molar-refractivity contribution in [2.75, 3.05) is 6.67 Å². The van der Waals surface area contributed by atoms with Crippen LogP contribution in [0.25, 0.3) is 0 Å². The first-order valence-corrected chi connectivity index (χ1v) is 7.56. The number of aliphatic imine (C=N–C) groups is 2. The van der Waals surface area contributed by atoms with Gasteiger partial charge in [-0.3, -0.25) is 14.2 Å². The van der Waals surface area contributed by atoms with Crippen molar-refractivity contribution in [1.29, 1.82) is 0 Å². The lowest BCUT2D eigenvalue weighted by Crippen LogP contribution is -2.35. The summed E-state index contributed by atoms with van der Waals surface area (Å²) >= 11 is 0. The Morgan fingerprint density at radius 1 is 1.48 bits per heavy atom. The minimum absolute atomic E-state index is 0. The van der Waals surface area contributed by atoms with Crippen LogP contribution in [0.4, 0.5) is 10.2 Å². The molecule has 0 aromatic carbocycles. The Morgan fingerprint density at radius 3 is 2.64 bits per heavy atom. The molecule has 0 aliphatic rings. The number of carbonyl (C=O) groups excluding carboxylic acids is 1. The minimum Gasteiger partial charge on any atom is -0.383 e. The lowest BCUT2D eigenvalue weighted by Gasteiger charge is -2.19. The molecule has 0 unspecified atom stereocenters. The first-order valence-electron chi connectivity index (χ1n) is 7.56. The molecule has 0 saturated carbocycles. The highest BCUT2D eigenvalue weighted by molar-refractivity contribution is 14.0. The standard InChI is InChI=1S/C17H24FN5O.HI/c1-11(2)21-16(24)12(9-20-5)15(19)23-14-8-6-7-13(22-14)17(3,4)10-18;/h6-9,11H,5,10H2,1-4H3,(H,21,24)(H2,19,22,23);1H/b12-9+;. The van der Waals surface area contributed by atoms with E-state index in [0.717, 1.165) is 0 Å². The lowest BCUT2D eigenvalue weighted by atomic mass is 9.90. The van der Waals surface area contributed by atoms with E-state index in [4.69, 9.17) is 5.73 Å². The number of rotatable bonds is 7. The molecular formula is C17H25FIN5O. The van der Waals surface area contributed by atoms with Gasteiger partial charge in [-0.2, -0.15) is 0 Å². The zero-order chi connectivity index (χ0) is 18.3. The lowest BCUT2D eigenvalue weighted by molar-refractivity contribution is -0.117. The second kappa shape index (κ2) is 10.2. The highest BCUT2D eigenvalue weighted by Crippen LogP contribution is 2.23. The van der Waals surface area contributed by atoms with Gasteiger partial charge in [0.2, 0.25) is 0 Å². The molecule has 1 rings (SSSR count). The van der Waals surface area contributed by atoms with Crippen LogP contribution in [0.2, 0.25) is 0 Å². The van der Waals surface area contributed by atoms with Crippen LogP contribution < -0.4 is 11.1 Å². The second-order valence-corrected chi connectivity index (χ2v) is 6.25. The van der Waals surface area contributed by atoms with Crippen LogP contribution >= 0.6 is 24.0 Å². The van der Waals surface area contributed by atoms with Crippen LogP contribution in [0, 0.1) is 0 Å². The van der Waals surface area contributed by atoms with Crippen LogP contribution in [-0.2, 0) is 10.2 Å². The van der Waals surface area contributed by atoms with E-state index in [9.17, 15) is 9.18 Å². The van der Waals surface area contributed by atoms with Gasteiger partial charge < -0.3 is 11.1 Å². The molecule has 0 aliphatic heterocycles. The summed E-state index contributed by atoms with van der Waals surface area (Å²) in [7, 11) is 0. The Balaban J connectivity index is 0.00000576. The molecule has 6 nitrogen and oxygen atoms in total. The quantitative estimate of drug-likeness (QED) is 0.283. The van der Waals surface area contributed by atoms with Gasteiger partial charge in [0.05, 0.1) is 11.3 Å². The first kappa shape index (κ1) is 23.2. The normalized spacial score (nSPS) is 12.6. The maximum absolute atomic E-state index is 13.1. The fraction of sp³-hybridized carbons (Fsp3) is 0.412. The topological polar surface area (TPSA) is 92.7 Å². The van der Waals surface area contributed by atoms with Crippen LogP contribution in [-0.4, -0.2) is 36.2 Å². The van der Waals surface area contributed by atoms with Gasteiger partial charge in [-0.05, 0) is 32.7 Å². The molecule has 0 fully saturated rings. The van der Waals surface area contributed by atoms with Gasteiger partial charge in [-0.1, -0.05) is 19.9 Å². The van der Waals surface area contributed by atoms with Crippen LogP contribution in [0.5, 0.6) is 0 Å². The SMILES string of the molecule is C=N/C=C(C(=O)NC(C)C)\C(N)=N\c1cccc(C(C)(C)CF)n1.I. The molecule has 0 bridgehead atoms. The smallest absolute Gasteiger partial charge is 0.256 e. The molecular weight excluding hydrogens is 436 g/mol. The van der Waals surface area contributed by atoms with Gasteiger partial charge in [0.15, 0.2) is 5.82 Å². The van der Waals surface area contributed by atoms with E-state index in [1.54, 1.807) is 32.0 Å². The summed E-state index contributed by atoms with van der Waals surface area (Å²) in [6.07, 6.45) is 1.24. The van der Waals surface area contributed by atoms with Crippen molar-refractivity contribution in [2.24, 2.45) is 15.7 Å². The number of nitrogens with two attached hydrogens (primary N) is 1. The van der Waals surface area contributed by atoms with E-state index in [2.05, 4.69) is 27.0 Å². The summed E-state index contributed by atoms with van der Waals surface area (Å²) in [6, 6.07) is 5.01. The number of amidine groups is 1. The third-order valence-corrected chi connectivity index (χ3v) is 3.16. The minimum atomic E-state index is -0.726. The van der Waals surface area contributed by atoms with E-state index in [-0.39, 0.29) is 41.4 Å². The Morgan fingerprint density at radius 2 is 2.12 bits per heavy atom. The fourth-order valence-corrected chi connectivity index (χ4v) is 1.79. The third-order valence-electron chi connectivity index (χ3n) is 3.16. The maximum atomic E-state index is 13.1. The van der Waals surface area contributed by atoms with Gasteiger partial charge in [0.1, 0.15) is 12.5 Å². The first-order chi connectivity index (χ1) is 11.2. The second-order valence-electron chi connectivity index (χ2n) is 6.25. The molecule has 3 N–H and O–H groups in total. The predicted molar refractivity (Wildman–Crippen MR) is 111 cm³/mol. The van der Waals surface area contributed by atoms with E-state index < -0.39 is 18.0 Å². The zero-order valence-electron chi connectivity index (χ0n) is 14.9. The van der Waals surface area contributed by atoms with E-state index in [1.165, 1.54) is 6.20 Å². The van der Waals surface area contributed by atoms with Crippen LogP contribution in [0.3, 0.4) is 0 Å². The summed E-state index contributed by atoms with van der Waals surface area (Å²) in [5.41, 5.74) is 5.84. The molecule has 0 spiro atoms. The number of halogens is 2. The van der Waals surface area contributed by atoms with Gasteiger partial charge in [0.25, 0.3) is 5.91 Å². The van der Waals surface area contributed by atoms with Crippen LogP contribution in [0.15, 0.2) is 40.0 Å². The molecule has 1 aromatic heterocycles.